The van der Waals surface area contributed by atoms with E-state index < -0.39 is 29.6 Å². The Morgan fingerprint density at radius 2 is 2.00 bits per heavy atom. The second-order valence-corrected chi connectivity index (χ2v) is 8.58. The van der Waals surface area contributed by atoms with Gasteiger partial charge in [0, 0.05) is 24.7 Å². The molecular formula is C24H21ClFN5O3. The Labute approximate surface area is 199 Å². The Bertz CT molecular complexity index is 1300. The maximum atomic E-state index is 13.6. The summed E-state index contributed by atoms with van der Waals surface area (Å²) in [6.07, 6.45) is 0.213. The number of rotatable bonds is 5. The van der Waals surface area contributed by atoms with Crippen LogP contribution in [0.25, 0.3) is 10.9 Å². The molecule has 0 saturated carbocycles. The molecule has 34 heavy (non-hydrogen) atoms. The van der Waals surface area contributed by atoms with Crippen molar-refractivity contribution < 1.29 is 18.8 Å². The highest BCUT2D eigenvalue weighted by Crippen LogP contribution is 2.27. The van der Waals surface area contributed by atoms with E-state index in [4.69, 9.17) is 11.6 Å². The summed E-state index contributed by atoms with van der Waals surface area (Å²) in [6.45, 7) is -0.208. The minimum atomic E-state index is -0.766. The molecule has 10 heteroatoms. The van der Waals surface area contributed by atoms with Crippen LogP contribution in [0.3, 0.4) is 0 Å². The van der Waals surface area contributed by atoms with Crippen LogP contribution in [0.15, 0.2) is 48.5 Å². The molecule has 3 aromatic rings. The maximum Gasteiger partial charge on any atom is 0.270 e. The first kappa shape index (κ1) is 23.3. The van der Waals surface area contributed by atoms with Crippen molar-refractivity contribution in [1.82, 2.24) is 14.8 Å². The number of halogens is 2. The SMILES string of the molecule is CN(CC(=O)N1CC(C(=O)Nc2ccccc2)CC1C#N)C(=O)c1cc2c(Cl)cc(F)cc2[nH]1. The average Bonchev–Trinajstić information content (AvgIpc) is 3.44. The fourth-order valence-corrected chi connectivity index (χ4v) is 4.30. The number of carbonyl (C=O) groups is 3. The van der Waals surface area contributed by atoms with Crippen molar-refractivity contribution in [3.63, 3.8) is 0 Å². The fraction of sp³-hybridized carbons (Fsp3) is 0.250. The first-order chi connectivity index (χ1) is 16.3. The molecule has 0 spiro atoms. The third kappa shape index (κ3) is 4.72. The minimum Gasteiger partial charge on any atom is -0.350 e. The summed E-state index contributed by atoms with van der Waals surface area (Å²) in [5, 5.41) is 13.0. The van der Waals surface area contributed by atoms with E-state index in [1.807, 2.05) is 6.07 Å². The molecular weight excluding hydrogens is 461 g/mol. The van der Waals surface area contributed by atoms with Gasteiger partial charge >= 0.3 is 0 Å². The lowest BCUT2D eigenvalue weighted by molar-refractivity contribution is -0.131. The van der Waals surface area contributed by atoms with Gasteiger partial charge in [-0.05, 0) is 36.8 Å². The minimum absolute atomic E-state index is 0.0824. The Balaban J connectivity index is 1.42. The third-order valence-corrected chi connectivity index (χ3v) is 6.10. The predicted octanol–water partition coefficient (Wildman–Crippen LogP) is 3.41. The molecule has 0 bridgehead atoms. The zero-order valence-electron chi connectivity index (χ0n) is 18.2. The van der Waals surface area contributed by atoms with Gasteiger partial charge in [0.2, 0.25) is 11.8 Å². The first-order valence-corrected chi connectivity index (χ1v) is 10.9. The molecule has 1 aliphatic heterocycles. The molecule has 0 aliphatic carbocycles. The largest absolute Gasteiger partial charge is 0.350 e. The van der Waals surface area contributed by atoms with E-state index >= 15 is 0 Å². The van der Waals surface area contributed by atoms with Crippen molar-refractivity contribution >= 4 is 45.9 Å². The number of carbonyl (C=O) groups excluding carboxylic acids is 3. The normalized spacial score (nSPS) is 17.4. The van der Waals surface area contributed by atoms with Crippen molar-refractivity contribution in [3.05, 3.63) is 65.1 Å². The van der Waals surface area contributed by atoms with Gasteiger partial charge in [0.1, 0.15) is 17.6 Å². The number of aromatic nitrogens is 1. The first-order valence-electron chi connectivity index (χ1n) is 10.5. The van der Waals surface area contributed by atoms with E-state index in [9.17, 15) is 24.0 Å². The van der Waals surface area contributed by atoms with Crippen molar-refractivity contribution in [2.45, 2.75) is 12.5 Å². The molecule has 8 nitrogen and oxygen atoms in total. The molecule has 4 rings (SSSR count). The number of hydrogen-bond donors (Lipinski definition) is 2. The number of fused-ring (bicyclic) bond motifs is 1. The monoisotopic (exact) mass is 481 g/mol. The van der Waals surface area contributed by atoms with Gasteiger partial charge in [-0.25, -0.2) is 4.39 Å². The zero-order valence-corrected chi connectivity index (χ0v) is 19.0. The van der Waals surface area contributed by atoms with Gasteiger partial charge in [0.05, 0.1) is 29.1 Å². The summed E-state index contributed by atoms with van der Waals surface area (Å²) in [7, 11) is 1.45. The van der Waals surface area contributed by atoms with E-state index in [0.717, 1.165) is 6.07 Å². The van der Waals surface area contributed by atoms with Crippen LogP contribution in [0.4, 0.5) is 10.1 Å². The van der Waals surface area contributed by atoms with Crippen LogP contribution in [0.5, 0.6) is 0 Å². The molecule has 2 unspecified atom stereocenters. The van der Waals surface area contributed by atoms with Gasteiger partial charge in [-0.1, -0.05) is 29.8 Å². The van der Waals surface area contributed by atoms with E-state index in [0.29, 0.717) is 16.6 Å². The number of anilines is 1. The second kappa shape index (κ2) is 9.53. The zero-order chi connectivity index (χ0) is 24.4. The number of H-pyrrole nitrogens is 1. The Morgan fingerprint density at radius 3 is 2.71 bits per heavy atom. The van der Waals surface area contributed by atoms with Gasteiger partial charge in [-0.15, -0.1) is 0 Å². The molecule has 2 heterocycles. The van der Waals surface area contributed by atoms with Gasteiger partial charge in [-0.2, -0.15) is 5.26 Å². The number of amides is 3. The molecule has 1 saturated heterocycles. The van der Waals surface area contributed by atoms with Crippen LogP contribution in [0.1, 0.15) is 16.9 Å². The number of nitriles is 1. The molecule has 1 aromatic heterocycles. The predicted molar refractivity (Wildman–Crippen MR) is 125 cm³/mol. The second-order valence-electron chi connectivity index (χ2n) is 8.17. The smallest absolute Gasteiger partial charge is 0.270 e. The molecule has 2 aromatic carbocycles. The Morgan fingerprint density at radius 1 is 1.26 bits per heavy atom. The van der Waals surface area contributed by atoms with E-state index in [1.165, 1.54) is 29.0 Å². The van der Waals surface area contributed by atoms with Crippen molar-refractivity contribution in [2.24, 2.45) is 5.92 Å². The standard InChI is InChI=1S/C24H21ClFN5O3/c1-30(24(34)21-10-18-19(25)8-15(26)9-20(18)29-21)13-22(32)31-12-14(7-17(31)11-27)23(33)28-16-5-3-2-4-6-16/h2-6,8-10,14,17,29H,7,12-13H2,1H3,(H,28,33). The summed E-state index contributed by atoms with van der Waals surface area (Å²) in [4.78, 5) is 43.8. The third-order valence-electron chi connectivity index (χ3n) is 5.78. The topological polar surface area (TPSA) is 109 Å². The highest BCUT2D eigenvalue weighted by molar-refractivity contribution is 6.35. The number of likely N-dealkylation sites (N-methyl/N-ethyl adjacent to an activating group) is 1. The molecule has 2 N–H and O–H groups in total. The highest BCUT2D eigenvalue weighted by atomic mass is 35.5. The Kier molecular flexibility index (Phi) is 6.52. The number of hydrogen-bond acceptors (Lipinski definition) is 4. The van der Waals surface area contributed by atoms with Crippen LogP contribution in [0.2, 0.25) is 5.02 Å². The lowest BCUT2D eigenvalue weighted by Crippen LogP contribution is -2.43. The molecule has 2 atom stereocenters. The summed E-state index contributed by atoms with van der Waals surface area (Å²) >= 11 is 6.04. The maximum absolute atomic E-state index is 13.6. The van der Waals surface area contributed by atoms with Gasteiger partial charge in [0.15, 0.2) is 0 Å². The van der Waals surface area contributed by atoms with Crippen LogP contribution in [-0.4, -0.2) is 58.7 Å². The van der Waals surface area contributed by atoms with Crippen LogP contribution in [0, 0.1) is 23.1 Å². The van der Waals surface area contributed by atoms with Gasteiger partial charge in [0.25, 0.3) is 5.91 Å². The van der Waals surface area contributed by atoms with Crippen LogP contribution >= 0.6 is 11.6 Å². The summed E-state index contributed by atoms with van der Waals surface area (Å²) in [5.41, 5.74) is 1.15. The van der Waals surface area contributed by atoms with E-state index in [-0.39, 0.29) is 36.1 Å². The van der Waals surface area contributed by atoms with Gasteiger partial charge in [-0.3, -0.25) is 14.4 Å². The van der Waals surface area contributed by atoms with E-state index in [2.05, 4.69) is 16.4 Å². The van der Waals surface area contributed by atoms with Crippen molar-refractivity contribution in [3.8, 4) is 6.07 Å². The van der Waals surface area contributed by atoms with Gasteiger partial charge < -0.3 is 20.1 Å². The van der Waals surface area contributed by atoms with Crippen molar-refractivity contribution in [1.29, 1.82) is 5.26 Å². The molecule has 3 amide bonds. The molecule has 1 fully saturated rings. The molecule has 1 aliphatic rings. The fourth-order valence-electron chi connectivity index (χ4n) is 4.04. The van der Waals surface area contributed by atoms with Crippen molar-refractivity contribution in [2.75, 3.05) is 25.5 Å². The number of benzene rings is 2. The van der Waals surface area contributed by atoms with E-state index in [1.54, 1.807) is 24.3 Å². The number of para-hydroxylation sites is 1. The lowest BCUT2D eigenvalue weighted by Gasteiger charge is -2.23. The van der Waals surface area contributed by atoms with Crippen LogP contribution in [-0.2, 0) is 9.59 Å². The number of likely N-dealkylation sites (tertiary alicyclic amines) is 1. The average molecular weight is 482 g/mol. The number of aromatic amines is 1. The number of nitrogens with zero attached hydrogens (tertiary/aromatic N) is 3. The molecule has 0 radical (unpaired) electrons. The quantitative estimate of drug-likeness (QED) is 0.582. The Hall–Kier alpha value is -3.90. The summed E-state index contributed by atoms with van der Waals surface area (Å²) in [5.74, 6) is -2.29. The summed E-state index contributed by atoms with van der Waals surface area (Å²) < 4.78 is 13.6. The highest BCUT2D eigenvalue weighted by Gasteiger charge is 2.39. The summed E-state index contributed by atoms with van der Waals surface area (Å²) in [6, 6.07) is 14.1. The van der Waals surface area contributed by atoms with Crippen LogP contribution < -0.4 is 5.32 Å². The lowest BCUT2D eigenvalue weighted by atomic mass is 10.1. The number of nitrogens with one attached hydrogen (secondary N) is 2. The molecule has 174 valence electrons.